The zero-order chi connectivity index (χ0) is 14.8. The van der Waals surface area contributed by atoms with Gasteiger partial charge < -0.3 is 0 Å². The molecule has 2 heterocycles. The van der Waals surface area contributed by atoms with E-state index in [1.165, 1.54) is 4.88 Å². The van der Waals surface area contributed by atoms with Gasteiger partial charge >= 0.3 is 0 Å². The van der Waals surface area contributed by atoms with Gasteiger partial charge in [-0.3, -0.25) is 15.0 Å². The SMILES string of the molecule is CCN1CCc2nc(NC(=O)c3ccc(Cl)cc3)sc2C1. The molecule has 1 aliphatic rings. The van der Waals surface area contributed by atoms with Gasteiger partial charge in [-0.25, -0.2) is 4.98 Å². The smallest absolute Gasteiger partial charge is 0.257 e. The highest BCUT2D eigenvalue weighted by molar-refractivity contribution is 7.15. The summed E-state index contributed by atoms with van der Waals surface area (Å²) < 4.78 is 0. The van der Waals surface area contributed by atoms with Crippen molar-refractivity contribution in [2.75, 3.05) is 18.4 Å². The number of rotatable bonds is 3. The van der Waals surface area contributed by atoms with E-state index in [2.05, 4.69) is 22.1 Å². The number of hydrogen-bond acceptors (Lipinski definition) is 4. The van der Waals surface area contributed by atoms with Crippen LogP contribution in [0, 0.1) is 0 Å². The minimum atomic E-state index is -0.148. The minimum absolute atomic E-state index is 0.148. The summed E-state index contributed by atoms with van der Waals surface area (Å²) in [7, 11) is 0. The van der Waals surface area contributed by atoms with E-state index in [1.54, 1.807) is 35.6 Å². The first-order valence-corrected chi connectivity index (χ1v) is 8.13. The van der Waals surface area contributed by atoms with Gasteiger partial charge in [-0.15, -0.1) is 11.3 Å². The Kier molecular flexibility index (Phi) is 4.24. The molecule has 0 unspecified atom stereocenters. The molecule has 0 spiro atoms. The summed E-state index contributed by atoms with van der Waals surface area (Å²) in [5, 5.41) is 4.17. The van der Waals surface area contributed by atoms with Gasteiger partial charge in [-0.2, -0.15) is 0 Å². The number of fused-ring (bicyclic) bond motifs is 1. The lowest BCUT2D eigenvalue weighted by atomic mass is 10.2. The third kappa shape index (κ3) is 3.26. The molecular formula is C15H16ClN3OS. The first-order valence-electron chi connectivity index (χ1n) is 6.93. The molecule has 6 heteroatoms. The lowest BCUT2D eigenvalue weighted by Gasteiger charge is -2.23. The monoisotopic (exact) mass is 321 g/mol. The van der Waals surface area contributed by atoms with Crippen molar-refractivity contribution in [2.45, 2.75) is 19.9 Å². The number of likely N-dealkylation sites (N-methyl/N-ethyl adjacent to an activating group) is 1. The van der Waals surface area contributed by atoms with Crippen LogP contribution in [-0.4, -0.2) is 28.9 Å². The van der Waals surface area contributed by atoms with Gasteiger partial charge in [0, 0.05) is 35.0 Å². The summed E-state index contributed by atoms with van der Waals surface area (Å²) in [6.45, 7) is 5.18. The molecule has 1 aromatic carbocycles. The van der Waals surface area contributed by atoms with E-state index in [9.17, 15) is 4.79 Å². The highest BCUT2D eigenvalue weighted by Gasteiger charge is 2.20. The van der Waals surface area contributed by atoms with Crippen LogP contribution in [0.15, 0.2) is 24.3 Å². The number of aromatic nitrogens is 1. The van der Waals surface area contributed by atoms with Crippen LogP contribution in [0.2, 0.25) is 5.02 Å². The molecule has 0 aliphatic carbocycles. The number of anilines is 1. The van der Waals surface area contributed by atoms with Crippen LogP contribution < -0.4 is 5.32 Å². The number of amides is 1. The summed E-state index contributed by atoms with van der Waals surface area (Å²) in [5.74, 6) is -0.148. The van der Waals surface area contributed by atoms with Crippen LogP contribution in [0.5, 0.6) is 0 Å². The molecule has 0 saturated carbocycles. The third-order valence-electron chi connectivity index (χ3n) is 3.58. The maximum absolute atomic E-state index is 12.2. The Hall–Kier alpha value is -1.43. The summed E-state index contributed by atoms with van der Waals surface area (Å²) in [4.78, 5) is 20.3. The van der Waals surface area contributed by atoms with Crippen LogP contribution in [0.3, 0.4) is 0 Å². The van der Waals surface area contributed by atoms with Gasteiger partial charge in [0.05, 0.1) is 5.69 Å². The Labute approximate surface area is 132 Å². The number of nitrogens with one attached hydrogen (secondary N) is 1. The molecule has 1 amide bonds. The standard InChI is InChI=1S/C15H16ClN3OS/c1-2-19-8-7-12-13(9-19)21-15(17-12)18-14(20)10-3-5-11(16)6-4-10/h3-6H,2,7-9H2,1H3,(H,17,18,20). The molecule has 1 aromatic heterocycles. The molecule has 4 nitrogen and oxygen atoms in total. The largest absolute Gasteiger partial charge is 0.298 e. The zero-order valence-electron chi connectivity index (χ0n) is 11.7. The second-order valence-corrected chi connectivity index (χ2v) is 6.49. The van der Waals surface area contributed by atoms with Crippen molar-refractivity contribution in [2.24, 2.45) is 0 Å². The second kappa shape index (κ2) is 6.13. The fourth-order valence-electron chi connectivity index (χ4n) is 2.34. The first-order chi connectivity index (χ1) is 10.2. The average Bonchev–Trinajstić information content (AvgIpc) is 2.88. The van der Waals surface area contributed by atoms with Gasteiger partial charge in [0.25, 0.3) is 5.91 Å². The average molecular weight is 322 g/mol. The van der Waals surface area contributed by atoms with Gasteiger partial charge in [-0.05, 0) is 30.8 Å². The molecule has 0 saturated heterocycles. The van der Waals surface area contributed by atoms with Crippen molar-refractivity contribution in [1.82, 2.24) is 9.88 Å². The van der Waals surface area contributed by atoms with Crippen molar-refractivity contribution < 1.29 is 4.79 Å². The Balaban J connectivity index is 1.72. The topological polar surface area (TPSA) is 45.2 Å². The van der Waals surface area contributed by atoms with Crippen LogP contribution >= 0.6 is 22.9 Å². The lowest BCUT2D eigenvalue weighted by molar-refractivity contribution is 0.102. The Morgan fingerprint density at radius 3 is 2.90 bits per heavy atom. The highest BCUT2D eigenvalue weighted by Crippen LogP contribution is 2.28. The predicted octanol–water partition coefficient (Wildman–Crippen LogP) is 3.43. The summed E-state index contributed by atoms with van der Waals surface area (Å²) in [6.07, 6.45) is 0.955. The quantitative estimate of drug-likeness (QED) is 0.942. The molecule has 21 heavy (non-hydrogen) atoms. The van der Waals surface area contributed by atoms with E-state index in [-0.39, 0.29) is 5.91 Å². The van der Waals surface area contributed by atoms with Crippen LogP contribution in [0.1, 0.15) is 27.9 Å². The van der Waals surface area contributed by atoms with E-state index < -0.39 is 0 Å². The highest BCUT2D eigenvalue weighted by atomic mass is 35.5. The number of carbonyl (C=O) groups excluding carboxylic acids is 1. The molecule has 1 N–H and O–H groups in total. The minimum Gasteiger partial charge on any atom is -0.298 e. The maximum atomic E-state index is 12.2. The van der Waals surface area contributed by atoms with Gasteiger partial charge in [0.2, 0.25) is 0 Å². The molecule has 3 rings (SSSR count). The van der Waals surface area contributed by atoms with Gasteiger partial charge in [0.15, 0.2) is 5.13 Å². The molecule has 0 atom stereocenters. The molecule has 0 bridgehead atoms. The molecular weight excluding hydrogens is 306 g/mol. The summed E-state index contributed by atoms with van der Waals surface area (Å²) in [6, 6.07) is 6.85. The number of benzene rings is 1. The number of thiazole rings is 1. The van der Waals surface area contributed by atoms with Crippen molar-refractivity contribution in [3.8, 4) is 0 Å². The van der Waals surface area contributed by atoms with Crippen molar-refractivity contribution in [3.63, 3.8) is 0 Å². The normalized spacial score (nSPS) is 14.8. The predicted molar refractivity (Wildman–Crippen MR) is 86.2 cm³/mol. The second-order valence-electron chi connectivity index (χ2n) is 4.97. The molecule has 0 radical (unpaired) electrons. The van der Waals surface area contributed by atoms with Crippen molar-refractivity contribution in [3.05, 3.63) is 45.4 Å². The summed E-state index contributed by atoms with van der Waals surface area (Å²) in [5.41, 5.74) is 1.71. The van der Waals surface area contributed by atoms with E-state index in [0.717, 1.165) is 31.7 Å². The van der Waals surface area contributed by atoms with Crippen LogP contribution in [-0.2, 0) is 13.0 Å². The van der Waals surface area contributed by atoms with Crippen LogP contribution in [0.4, 0.5) is 5.13 Å². The third-order valence-corrected chi connectivity index (χ3v) is 4.83. The maximum Gasteiger partial charge on any atom is 0.257 e. The lowest BCUT2D eigenvalue weighted by Crippen LogP contribution is -2.29. The van der Waals surface area contributed by atoms with E-state index in [0.29, 0.717) is 15.7 Å². The van der Waals surface area contributed by atoms with Crippen LogP contribution in [0.25, 0.3) is 0 Å². The van der Waals surface area contributed by atoms with E-state index in [1.807, 2.05) is 0 Å². The molecule has 1 aliphatic heterocycles. The van der Waals surface area contributed by atoms with E-state index >= 15 is 0 Å². The number of halogens is 1. The number of hydrogen-bond donors (Lipinski definition) is 1. The van der Waals surface area contributed by atoms with Gasteiger partial charge in [-0.1, -0.05) is 18.5 Å². The molecule has 2 aromatic rings. The number of nitrogens with zero attached hydrogens (tertiary/aromatic N) is 2. The Morgan fingerprint density at radius 2 is 2.19 bits per heavy atom. The van der Waals surface area contributed by atoms with Crippen molar-refractivity contribution >= 4 is 34.0 Å². The summed E-state index contributed by atoms with van der Waals surface area (Å²) >= 11 is 7.40. The number of carbonyl (C=O) groups is 1. The fraction of sp³-hybridized carbons (Fsp3) is 0.333. The zero-order valence-corrected chi connectivity index (χ0v) is 13.3. The Morgan fingerprint density at radius 1 is 1.43 bits per heavy atom. The molecule has 0 fully saturated rings. The van der Waals surface area contributed by atoms with E-state index in [4.69, 9.17) is 11.6 Å². The Bertz CT molecular complexity index is 653. The van der Waals surface area contributed by atoms with Gasteiger partial charge in [0.1, 0.15) is 0 Å². The van der Waals surface area contributed by atoms with Crippen molar-refractivity contribution in [1.29, 1.82) is 0 Å². The molecule has 110 valence electrons. The fourth-order valence-corrected chi connectivity index (χ4v) is 3.51. The first kappa shape index (κ1) is 14.5.